The highest BCUT2D eigenvalue weighted by molar-refractivity contribution is 5.70. The quantitative estimate of drug-likeness (QED) is 0.0383. The highest BCUT2D eigenvalue weighted by Crippen LogP contribution is 2.16. The highest BCUT2D eigenvalue weighted by atomic mass is 16.6. The summed E-state index contributed by atoms with van der Waals surface area (Å²) in [6, 6.07) is 0. The van der Waals surface area contributed by atoms with Gasteiger partial charge in [-0.15, -0.1) is 0 Å². The average Bonchev–Trinajstić information content (AvgIpc) is 3.15. The zero-order chi connectivity index (χ0) is 37.8. The van der Waals surface area contributed by atoms with Gasteiger partial charge in [0.2, 0.25) is 0 Å². The Balaban J connectivity index is 3.45. The summed E-state index contributed by atoms with van der Waals surface area (Å²) in [5, 5.41) is 9.59. The van der Waals surface area contributed by atoms with Crippen molar-refractivity contribution in [2.45, 2.75) is 264 Å². The molecule has 5 heteroatoms. The maximum atomic E-state index is 12.2. The van der Waals surface area contributed by atoms with Gasteiger partial charge in [0.05, 0.1) is 6.61 Å². The minimum absolute atomic E-state index is 0.0618. The van der Waals surface area contributed by atoms with Crippen LogP contribution in [0.2, 0.25) is 0 Å². The number of aliphatic hydroxyl groups is 1. The van der Waals surface area contributed by atoms with E-state index in [2.05, 4.69) is 26.0 Å². The van der Waals surface area contributed by atoms with Gasteiger partial charge in [-0.25, -0.2) is 0 Å². The Bertz CT molecular complexity index is 750. The molecule has 0 aliphatic rings. The summed E-state index contributed by atoms with van der Waals surface area (Å²) in [6.07, 6.45) is 51.5. The van der Waals surface area contributed by atoms with Crippen LogP contribution < -0.4 is 0 Å². The SMILES string of the molecule is CCCCCC/C=C/CCCCCCCCCC(=O)OC[C@H](CO)OC(=O)CCCCCCCCCCCCCCCCCCCCCCCCC. The van der Waals surface area contributed by atoms with Crippen LogP contribution in [0.15, 0.2) is 12.2 Å². The van der Waals surface area contributed by atoms with Crippen LogP contribution in [0.1, 0.15) is 258 Å². The molecular formula is C47H90O5. The van der Waals surface area contributed by atoms with Gasteiger partial charge in [-0.2, -0.15) is 0 Å². The van der Waals surface area contributed by atoms with E-state index in [1.54, 1.807) is 0 Å². The number of esters is 2. The first-order valence-electron chi connectivity index (χ1n) is 23.2. The lowest BCUT2D eigenvalue weighted by Crippen LogP contribution is -2.28. The summed E-state index contributed by atoms with van der Waals surface area (Å²) in [4.78, 5) is 24.3. The average molecular weight is 735 g/mol. The maximum Gasteiger partial charge on any atom is 0.306 e. The lowest BCUT2D eigenvalue weighted by molar-refractivity contribution is -0.161. The first-order valence-corrected chi connectivity index (χ1v) is 23.2. The normalized spacial score (nSPS) is 12.1. The van der Waals surface area contributed by atoms with Crippen LogP contribution in [0, 0.1) is 0 Å². The molecule has 0 bridgehead atoms. The predicted octanol–water partition coefficient (Wildman–Crippen LogP) is 14.9. The van der Waals surface area contributed by atoms with Crippen molar-refractivity contribution < 1.29 is 24.2 Å². The molecule has 0 aliphatic carbocycles. The molecule has 0 heterocycles. The fourth-order valence-corrected chi connectivity index (χ4v) is 7.02. The van der Waals surface area contributed by atoms with Crippen LogP contribution in [-0.2, 0) is 19.1 Å². The predicted molar refractivity (Wildman–Crippen MR) is 224 cm³/mol. The van der Waals surface area contributed by atoms with Gasteiger partial charge in [0.15, 0.2) is 6.10 Å². The molecule has 308 valence electrons. The Morgan fingerprint density at radius 2 is 0.712 bits per heavy atom. The molecule has 0 unspecified atom stereocenters. The zero-order valence-corrected chi connectivity index (χ0v) is 35.1. The van der Waals surface area contributed by atoms with Crippen LogP contribution in [0.5, 0.6) is 0 Å². The van der Waals surface area contributed by atoms with Gasteiger partial charge in [-0.1, -0.05) is 219 Å². The second kappa shape index (κ2) is 44.0. The van der Waals surface area contributed by atoms with Gasteiger partial charge in [-0.05, 0) is 38.5 Å². The second-order valence-corrected chi connectivity index (χ2v) is 15.8. The van der Waals surface area contributed by atoms with Crippen molar-refractivity contribution >= 4 is 11.9 Å². The Hall–Kier alpha value is -1.36. The fraction of sp³-hybridized carbons (Fsp3) is 0.915. The molecule has 5 nitrogen and oxygen atoms in total. The van der Waals surface area contributed by atoms with E-state index in [4.69, 9.17) is 9.47 Å². The lowest BCUT2D eigenvalue weighted by Gasteiger charge is -2.15. The second-order valence-electron chi connectivity index (χ2n) is 15.8. The minimum Gasteiger partial charge on any atom is -0.462 e. The van der Waals surface area contributed by atoms with E-state index in [0.717, 1.165) is 38.5 Å². The van der Waals surface area contributed by atoms with Crippen molar-refractivity contribution in [1.29, 1.82) is 0 Å². The summed E-state index contributed by atoms with van der Waals surface area (Å²) in [7, 11) is 0. The molecule has 0 fully saturated rings. The fourth-order valence-electron chi connectivity index (χ4n) is 7.02. The molecular weight excluding hydrogens is 645 g/mol. The van der Waals surface area contributed by atoms with E-state index in [-0.39, 0.29) is 25.2 Å². The highest BCUT2D eigenvalue weighted by Gasteiger charge is 2.16. The number of hydrogen-bond acceptors (Lipinski definition) is 5. The number of ether oxygens (including phenoxy) is 2. The van der Waals surface area contributed by atoms with Crippen LogP contribution in [0.4, 0.5) is 0 Å². The number of unbranched alkanes of at least 4 members (excludes halogenated alkanes) is 33. The summed E-state index contributed by atoms with van der Waals surface area (Å²) in [5.74, 6) is -0.581. The Morgan fingerprint density at radius 3 is 1.06 bits per heavy atom. The molecule has 0 rings (SSSR count). The monoisotopic (exact) mass is 735 g/mol. The molecule has 1 atom stereocenters. The Labute approximate surface area is 324 Å². The van der Waals surface area contributed by atoms with Crippen molar-refractivity contribution in [2.24, 2.45) is 0 Å². The third kappa shape index (κ3) is 41.4. The molecule has 0 radical (unpaired) electrons. The summed E-state index contributed by atoms with van der Waals surface area (Å²) in [5.41, 5.74) is 0. The summed E-state index contributed by atoms with van der Waals surface area (Å²) >= 11 is 0. The summed E-state index contributed by atoms with van der Waals surface area (Å²) < 4.78 is 10.6. The van der Waals surface area contributed by atoms with E-state index in [0.29, 0.717) is 12.8 Å². The first kappa shape index (κ1) is 50.6. The Kier molecular flexibility index (Phi) is 42.9. The van der Waals surface area contributed by atoms with Crippen LogP contribution in [-0.4, -0.2) is 36.4 Å². The van der Waals surface area contributed by atoms with Gasteiger partial charge >= 0.3 is 11.9 Å². The number of allylic oxidation sites excluding steroid dienone is 2. The molecule has 52 heavy (non-hydrogen) atoms. The molecule has 1 N–H and O–H groups in total. The van der Waals surface area contributed by atoms with E-state index < -0.39 is 6.10 Å². The summed E-state index contributed by atoms with van der Waals surface area (Å²) in [6.45, 7) is 4.16. The number of rotatable bonds is 43. The molecule has 0 spiro atoms. The van der Waals surface area contributed by atoms with Crippen LogP contribution in [0.25, 0.3) is 0 Å². The van der Waals surface area contributed by atoms with Gasteiger partial charge in [-0.3, -0.25) is 9.59 Å². The van der Waals surface area contributed by atoms with Crippen molar-refractivity contribution in [3.05, 3.63) is 12.2 Å². The van der Waals surface area contributed by atoms with E-state index >= 15 is 0 Å². The smallest absolute Gasteiger partial charge is 0.306 e. The lowest BCUT2D eigenvalue weighted by atomic mass is 10.0. The van der Waals surface area contributed by atoms with Crippen molar-refractivity contribution in [2.75, 3.05) is 13.2 Å². The topological polar surface area (TPSA) is 72.8 Å². The third-order valence-corrected chi connectivity index (χ3v) is 10.6. The number of carbonyl (C=O) groups excluding carboxylic acids is 2. The van der Waals surface area contributed by atoms with E-state index in [9.17, 15) is 14.7 Å². The molecule has 0 aromatic rings. The van der Waals surface area contributed by atoms with Gasteiger partial charge < -0.3 is 14.6 Å². The van der Waals surface area contributed by atoms with E-state index in [1.807, 2.05) is 0 Å². The molecule has 0 saturated heterocycles. The Morgan fingerprint density at radius 1 is 0.423 bits per heavy atom. The van der Waals surface area contributed by atoms with Crippen LogP contribution >= 0.6 is 0 Å². The third-order valence-electron chi connectivity index (χ3n) is 10.6. The molecule has 0 aromatic heterocycles. The number of hydrogen-bond donors (Lipinski definition) is 1. The first-order chi connectivity index (χ1) is 25.6. The van der Waals surface area contributed by atoms with Gasteiger partial charge in [0.25, 0.3) is 0 Å². The molecule has 0 aliphatic heterocycles. The molecule has 0 aromatic carbocycles. The number of aliphatic hydroxyl groups excluding tert-OH is 1. The van der Waals surface area contributed by atoms with Crippen molar-refractivity contribution in [1.82, 2.24) is 0 Å². The standard InChI is InChI=1S/C47H90O5/c1-3-5-7-9-11-13-15-17-19-20-21-22-23-24-25-26-28-30-32-34-36-38-40-42-47(50)52-45(43-48)44-51-46(49)41-39-37-35-33-31-29-27-18-16-14-12-10-8-6-4-2/h14,16,45,48H,3-13,15,17-44H2,1-2H3/b16-14+/t45-/m0/s1. The van der Waals surface area contributed by atoms with Crippen molar-refractivity contribution in [3.63, 3.8) is 0 Å². The van der Waals surface area contributed by atoms with Crippen LogP contribution in [0.3, 0.4) is 0 Å². The molecule has 0 amide bonds. The van der Waals surface area contributed by atoms with Gasteiger partial charge in [0, 0.05) is 12.8 Å². The van der Waals surface area contributed by atoms with Gasteiger partial charge in [0.1, 0.15) is 6.61 Å². The molecule has 0 saturated carbocycles. The number of carbonyl (C=O) groups is 2. The zero-order valence-electron chi connectivity index (χ0n) is 35.1. The maximum absolute atomic E-state index is 12.2. The largest absolute Gasteiger partial charge is 0.462 e. The minimum atomic E-state index is -0.767. The van der Waals surface area contributed by atoms with Crippen molar-refractivity contribution in [3.8, 4) is 0 Å². The van der Waals surface area contributed by atoms with E-state index in [1.165, 1.54) is 193 Å².